The zero-order chi connectivity index (χ0) is 20.9. The van der Waals surface area contributed by atoms with Crippen LogP contribution in [0, 0.1) is 0 Å². The van der Waals surface area contributed by atoms with Crippen LogP contribution in [0.15, 0.2) is 51.4 Å². The Kier molecular flexibility index (Phi) is 4.87. The van der Waals surface area contributed by atoms with Crippen LogP contribution in [0.5, 0.6) is 0 Å². The highest BCUT2D eigenvalue weighted by molar-refractivity contribution is 9.10. The Balaban J connectivity index is 1.34. The molecule has 30 heavy (non-hydrogen) atoms. The lowest BCUT2D eigenvalue weighted by molar-refractivity contribution is 0.0498. The molecule has 0 radical (unpaired) electrons. The third-order valence-corrected chi connectivity index (χ3v) is 8.33. The summed E-state index contributed by atoms with van der Waals surface area (Å²) in [6.45, 7) is 0.321. The number of likely N-dealkylation sites (tertiary alicyclic amines) is 1. The molecule has 1 amide bonds. The van der Waals surface area contributed by atoms with Crippen LogP contribution in [0.3, 0.4) is 0 Å². The van der Waals surface area contributed by atoms with Gasteiger partial charge >= 0.3 is 0 Å². The number of para-hydroxylation sites is 1. The fourth-order valence-corrected chi connectivity index (χ4v) is 6.47. The Morgan fingerprint density at radius 1 is 1.37 bits per heavy atom. The van der Waals surface area contributed by atoms with Crippen LogP contribution in [0.25, 0.3) is 9.88 Å². The van der Waals surface area contributed by atoms with Crippen LogP contribution in [0.2, 0.25) is 0 Å². The first-order chi connectivity index (χ1) is 14.5. The standard InChI is InChI=1S/C20H17BrFN5OS2/c21-12-5-8-29-16(12)18-24-9-14(30-18)19(28)27-7-6-20(15(22)10-27)25-13-4-2-1-3-11(13)17(23)26-20/h1-5,8-9,15,25H,6-7,10H2,(H2,23,26). The van der Waals surface area contributed by atoms with Crippen LogP contribution in [-0.4, -0.2) is 46.6 Å². The number of carbonyl (C=O) groups excluding carboxylic acids is 1. The molecule has 0 bridgehead atoms. The quantitative estimate of drug-likeness (QED) is 0.542. The Bertz CT molecular complexity index is 1160. The molecule has 1 spiro atoms. The van der Waals surface area contributed by atoms with Crippen LogP contribution in [0.4, 0.5) is 10.1 Å². The Morgan fingerprint density at radius 2 is 2.20 bits per heavy atom. The number of hydrogen-bond donors (Lipinski definition) is 2. The van der Waals surface area contributed by atoms with E-state index in [1.54, 1.807) is 17.5 Å². The minimum atomic E-state index is -1.39. The van der Waals surface area contributed by atoms with Crippen molar-refractivity contribution in [2.75, 3.05) is 18.4 Å². The number of carbonyl (C=O) groups is 1. The molecule has 6 nitrogen and oxygen atoms in total. The number of benzene rings is 1. The third kappa shape index (κ3) is 3.23. The van der Waals surface area contributed by atoms with Gasteiger partial charge in [0.05, 0.1) is 17.6 Å². The third-order valence-electron chi connectivity index (χ3n) is 5.35. The molecule has 0 aliphatic carbocycles. The van der Waals surface area contributed by atoms with E-state index in [1.807, 2.05) is 35.7 Å². The molecule has 3 N–H and O–H groups in total. The highest BCUT2D eigenvalue weighted by Crippen LogP contribution is 2.38. The van der Waals surface area contributed by atoms with Gasteiger partial charge in [0, 0.05) is 28.7 Å². The summed E-state index contributed by atoms with van der Waals surface area (Å²) in [4.78, 5) is 24.8. The van der Waals surface area contributed by atoms with Crippen LogP contribution in [-0.2, 0) is 0 Å². The molecule has 2 aliphatic rings. The van der Waals surface area contributed by atoms with E-state index in [4.69, 9.17) is 5.73 Å². The molecule has 0 saturated carbocycles. The number of alkyl halides is 1. The SMILES string of the molecule is NC1=NC2(CCN(C(=O)c3cnc(-c4sccc4Br)s3)CC2F)Nc2ccccc21. The number of amides is 1. The smallest absolute Gasteiger partial charge is 0.265 e. The molecule has 2 atom stereocenters. The number of fused-ring (bicyclic) bond motifs is 1. The van der Waals surface area contributed by atoms with E-state index >= 15 is 4.39 Å². The van der Waals surface area contributed by atoms with Gasteiger partial charge in [-0.15, -0.1) is 22.7 Å². The highest BCUT2D eigenvalue weighted by atomic mass is 79.9. The van der Waals surface area contributed by atoms with Crippen molar-refractivity contribution in [3.05, 3.63) is 56.8 Å². The second kappa shape index (κ2) is 7.44. The summed E-state index contributed by atoms with van der Waals surface area (Å²) >= 11 is 6.37. The summed E-state index contributed by atoms with van der Waals surface area (Å²) in [5.41, 5.74) is 6.51. The number of piperidine rings is 1. The van der Waals surface area contributed by atoms with Gasteiger partial charge in [-0.3, -0.25) is 4.79 Å². The maximum absolute atomic E-state index is 15.4. The van der Waals surface area contributed by atoms with E-state index in [2.05, 4.69) is 31.2 Å². The Morgan fingerprint density at radius 3 is 2.97 bits per heavy atom. The molecule has 10 heteroatoms. The van der Waals surface area contributed by atoms with Gasteiger partial charge in [0.25, 0.3) is 5.91 Å². The lowest BCUT2D eigenvalue weighted by atomic mass is 9.92. The van der Waals surface area contributed by atoms with Crippen molar-refractivity contribution in [2.24, 2.45) is 10.7 Å². The molecular formula is C20H17BrFN5OS2. The first kappa shape index (κ1) is 19.7. The Hall–Kier alpha value is -2.30. The second-order valence-electron chi connectivity index (χ2n) is 7.19. The highest BCUT2D eigenvalue weighted by Gasteiger charge is 2.47. The average molecular weight is 506 g/mol. The molecule has 2 aromatic heterocycles. The van der Waals surface area contributed by atoms with Gasteiger partial charge in [-0.1, -0.05) is 12.1 Å². The van der Waals surface area contributed by atoms with Gasteiger partial charge in [-0.25, -0.2) is 14.4 Å². The average Bonchev–Trinajstić information content (AvgIpc) is 3.38. The number of rotatable bonds is 2. The van der Waals surface area contributed by atoms with Crippen molar-refractivity contribution in [2.45, 2.75) is 18.3 Å². The van der Waals surface area contributed by atoms with Crippen molar-refractivity contribution in [3.63, 3.8) is 0 Å². The number of aliphatic imine (C=N–C) groups is 1. The van der Waals surface area contributed by atoms with Gasteiger partial charge in [-0.05, 0) is 39.5 Å². The van der Waals surface area contributed by atoms with Gasteiger partial charge in [-0.2, -0.15) is 0 Å². The predicted molar refractivity (Wildman–Crippen MR) is 122 cm³/mol. The molecular weight excluding hydrogens is 489 g/mol. The maximum Gasteiger partial charge on any atom is 0.265 e. The number of hydrogen-bond acceptors (Lipinski definition) is 7. The Labute approximate surface area is 188 Å². The predicted octanol–water partition coefficient (Wildman–Crippen LogP) is 4.35. The van der Waals surface area contributed by atoms with Crippen molar-refractivity contribution >= 4 is 56.0 Å². The van der Waals surface area contributed by atoms with Crippen molar-refractivity contribution < 1.29 is 9.18 Å². The number of anilines is 1. The van der Waals surface area contributed by atoms with Gasteiger partial charge in [0.15, 0.2) is 11.8 Å². The van der Waals surface area contributed by atoms with E-state index in [0.29, 0.717) is 23.7 Å². The van der Waals surface area contributed by atoms with E-state index < -0.39 is 11.8 Å². The molecule has 154 valence electrons. The number of amidine groups is 1. The largest absolute Gasteiger partial charge is 0.383 e. The summed E-state index contributed by atoms with van der Waals surface area (Å²) in [6.07, 6.45) is 0.509. The normalized spacial score (nSPS) is 23.1. The molecule has 2 aliphatic heterocycles. The zero-order valence-corrected chi connectivity index (χ0v) is 18.9. The fourth-order valence-electron chi connectivity index (χ4n) is 3.78. The van der Waals surface area contributed by atoms with Crippen LogP contribution in [0.1, 0.15) is 21.7 Å². The van der Waals surface area contributed by atoms with Gasteiger partial charge < -0.3 is 16.0 Å². The van der Waals surface area contributed by atoms with Gasteiger partial charge in [0.1, 0.15) is 15.7 Å². The number of nitrogens with zero attached hydrogens (tertiary/aromatic N) is 3. The fraction of sp³-hybridized carbons (Fsp3) is 0.250. The number of thiophene rings is 1. The van der Waals surface area contributed by atoms with Crippen molar-refractivity contribution in [1.29, 1.82) is 0 Å². The van der Waals surface area contributed by atoms with Crippen molar-refractivity contribution in [3.8, 4) is 9.88 Å². The second-order valence-corrected chi connectivity index (χ2v) is 9.99. The number of aromatic nitrogens is 1. The van der Waals surface area contributed by atoms with E-state index in [9.17, 15) is 4.79 Å². The molecule has 1 fully saturated rings. The number of nitrogens with one attached hydrogen (secondary N) is 1. The maximum atomic E-state index is 15.4. The topological polar surface area (TPSA) is 83.6 Å². The number of halogens is 2. The van der Waals surface area contributed by atoms with E-state index in [-0.39, 0.29) is 12.5 Å². The van der Waals surface area contributed by atoms with Crippen LogP contribution < -0.4 is 11.1 Å². The van der Waals surface area contributed by atoms with Crippen molar-refractivity contribution in [1.82, 2.24) is 9.88 Å². The van der Waals surface area contributed by atoms with Crippen LogP contribution >= 0.6 is 38.6 Å². The molecule has 4 heterocycles. The first-order valence-electron chi connectivity index (χ1n) is 9.32. The van der Waals surface area contributed by atoms with E-state index in [1.165, 1.54) is 16.2 Å². The number of nitrogens with two attached hydrogens (primary N) is 1. The van der Waals surface area contributed by atoms with Gasteiger partial charge in [0.2, 0.25) is 0 Å². The molecule has 1 saturated heterocycles. The number of thiazole rings is 1. The minimum Gasteiger partial charge on any atom is -0.383 e. The first-order valence-corrected chi connectivity index (χ1v) is 11.8. The molecule has 2 unspecified atom stereocenters. The monoisotopic (exact) mass is 505 g/mol. The molecule has 3 aromatic rings. The summed E-state index contributed by atoms with van der Waals surface area (Å²) in [7, 11) is 0. The molecule has 1 aromatic carbocycles. The lowest BCUT2D eigenvalue weighted by Gasteiger charge is -2.44. The lowest BCUT2D eigenvalue weighted by Crippen LogP contribution is -2.59. The summed E-state index contributed by atoms with van der Waals surface area (Å²) in [6, 6.07) is 9.41. The summed E-state index contributed by atoms with van der Waals surface area (Å²) < 4.78 is 16.3. The zero-order valence-electron chi connectivity index (χ0n) is 15.6. The summed E-state index contributed by atoms with van der Waals surface area (Å²) in [5, 5.41) is 5.96. The van der Waals surface area contributed by atoms with E-state index in [0.717, 1.165) is 25.6 Å². The summed E-state index contributed by atoms with van der Waals surface area (Å²) in [5.74, 6) is 0.109. The minimum absolute atomic E-state index is 0.0549. The molecule has 5 rings (SSSR count).